The molecule has 0 bridgehead atoms. The summed E-state index contributed by atoms with van der Waals surface area (Å²) in [6.07, 6.45) is -0.573. The van der Waals surface area contributed by atoms with E-state index in [0.717, 1.165) is 10.0 Å². The quantitative estimate of drug-likeness (QED) is 0.899. The molecule has 5 heteroatoms. The monoisotopic (exact) mass is 335 g/mol. The molecule has 3 N–H and O–H groups in total. The van der Waals surface area contributed by atoms with Crippen LogP contribution in [0.25, 0.3) is 0 Å². The molecule has 0 saturated heterocycles. The van der Waals surface area contributed by atoms with Gasteiger partial charge in [-0.05, 0) is 36.8 Å². The summed E-state index contributed by atoms with van der Waals surface area (Å²) in [5.74, 6) is 0.409. The lowest BCUT2D eigenvalue weighted by Gasteiger charge is -2.12. The van der Waals surface area contributed by atoms with Gasteiger partial charge < -0.3 is 15.6 Å². The first-order chi connectivity index (χ1) is 9.49. The zero-order chi connectivity index (χ0) is 14.7. The van der Waals surface area contributed by atoms with Crippen molar-refractivity contribution >= 4 is 21.8 Å². The zero-order valence-corrected chi connectivity index (χ0v) is 12.4. The van der Waals surface area contributed by atoms with E-state index in [2.05, 4.69) is 15.9 Å². The van der Waals surface area contributed by atoms with Gasteiger partial charge in [0.1, 0.15) is 11.5 Å². The molecule has 2 rings (SSSR count). The Bertz CT molecular complexity index is 641. The minimum Gasteiger partial charge on any atom is -0.456 e. The molecule has 1 amide bonds. The Balaban J connectivity index is 2.31. The molecule has 0 heterocycles. The molecular weight excluding hydrogens is 322 g/mol. The number of nitrogens with two attached hydrogens (primary N) is 1. The maximum atomic E-state index is 11.3. The van der Waals surface area contributed by atoms with Crippen LogP contribution in [0.5, 0.6) is 11.5 Å². The lowest BCUT2D eigenvalue weighted by Crippen LogP contribution is -2.11. The summed E-state index contributed by atoms with van der Waals surface area (Å²) < 4.78 is 6.41. The van der Waals surface area contributed by atoms with Crippen LogP contribution in [0.3, 0.4) is 0 Å². The van der Waals surface area contributed by atoms with Crippen molar-refractivity contribution in [3.8, 4) is 11.5 Å². The van der Waals surface area contributed by atoms with Crippen molar-refractivity contribution in [1.29, 1.82) is 0 Å². The Morgan fingerprint density at radius 1 is 1.30 bits per heavy atom. The molecule has 0 aliphatic rings. The van der Waals surface area contributed by atoms with Crippen LogP contribution >= 0.6 is 15.9 Å². The number of carbonyl (C=O) groups is 1. The predicted molar refractivity (Wildman–Crippen MR) is 79.8 cm³/mol. The van der Waals surface area contributed by atoms with E-state index in [9.17, 15) is 9.90 Å². The number of benzene rings is 2. The van der Waals surface area contributed by atoms with Gasteiger partial charge in [0.15, 0.2) is 0 Å². The van der Waals surface area contributed by atoms with E-state index in [0.29, 0.717) is 17.1 Å². The van der Waals surface area contributed by atoms with Gasteiger partial charge in [-0.1, -0.05) is 34.1 Å². The summed E-state index contributed by atoms with van der Waals surface area (Å²) in [5, 5.41) is 9.57. The van der Waals surface area contributed by atoms with Crippen LogP contribution in [-0.2, 0) is 0 Å². The topological polar surface area (TPSA) is 72.6 Å². The van der Waals surface area contributed by atoms with E-state index >= 15 is 0 Å². The van der Waals surface area contributed by atoms with Crippen LogP contribution in [0, 0.1) is 0 Å². The second kappa shape index (κ2) is 6.07. The van der Waals surface area contributed by atoms with Crippen LogP contribution in [0.4, 0.5) is 0 Å². The fraction of sp³-hybridized carbons (Fsp3) is 0.133. The maximum absolute atomic E-state index is 11.3. The molecule has 0 radical (unpaired) electrons. The summed E-state index contributed by atoms with van der Waals surface area (Å²) in [4.78, 5) is 11.3. The predicted octanol–water partition coefficient (Wildman–Crippen LogP) is 3.39. The largest absolute Gasteiger partial charge is 0.456 e. The van der Waals surface area contributed by atoms with Crippen LogP contribution in [-0.4, -0.2) is 11.0 Å². The number of hydrogen-bond donors (Lipinski definition) is 2. The fourth-order valence-corrected chi connectivity index (χ4v) is 2.49. The number of para-hydroxylation sites is 1. The fourth-order valence-electron chi connectivity index (χ4n) is 1.80. The van der Waals surface area contributed by atoms with E-state index in [4.69, 9.17) is 10.5 Å². The second-order valence-corrected chi connectivity index (χ2v) is 5.18. The smallest absolute Gasteiger partial charge is 0.252 e. The zero-order valence-electron chi connectivity index (χ0n) is 10.8. The van der Waals surface area contributed by atoms with Crippen LogP contribution < -0.4 is 10.5 Å². The Kier molecular flexibility index (Phi) is 4.42. The highest BCUT2D eigenvalue weighted by atomic mass is 79.9. The average molecular weight is 336 g/mol. The third kappa shape index (κ3) is 3.18. The third-order valence-electron chi connectivity index (χ3n) is 2.80. The van der Waals surface area contributed by atoms with Crippen LogP contribution in [0.15, 0.2) is 46.9 Å². The molecule has 0 fully saturated rings. The molecule has 0 spiro atoms. The number of aliphatic hydroxyl groups is 1. The van der Waals surface area contributed by atoms with Crippen molar-refractivity contribution in [2.45, 2.75) is 13.0 Å². The number of ether oxygens (including phenoxy) is 1. The first kappa shape index (κ1) is 14.6. The van der Waals surface area contributed by atoms with Crippen molar-refractivity contribution in [3.05, 3.63) is 58.1 Å². The summed E-state index contributed by atoms with van der Waals surface area (Å²) in [6, 6.07) is 12.0. The molecular formula is C15H14BrNO3. The van der Waals surface area contributed by atoms with E-state index in [1.54, 1.807) is 49.4 Å². The molecule has 0 saturated carbocycles. The van der Waals surface area contributed by atoms with E-state index in [-0.39, 0.29) is 0 Å². The number of primary amides is 1. The van der Waals surface area contributed by atoms with E-state index in [1.807, 2.05) is 0 Å². The van der Waals surface area contributed by atoms with Gasteiger partial charge in [-0.15, -0.1) is 0 Å². The van der Waals surface area contributed by atoms with Gasteiger partial charge in [0.2, 0.25) is 0 Å². The molecule has 2 aromatic rings. The normalized spacial score (nSPS) is 11.9. The number of amides is 1. The Labute approximate surface area is 125 Å². The number of carbonyl (C=O) groups excluding carboxylic acids is 1. The highest BCUT2D eigenvalue weighted by Gasteiger charge is 2.11. The SMILES string of the molecule is C[C@H](O)c1ccc(Oc2ccccc2C(N)=O)cc1Br. The van der Waals surface area contributed by atoms with E-state index in [1.165, 1.54) is 0 Å². The molecule has 0 aliphatic carbocycles. The van der Waals surface area contributed by atoms with Gasteiger partial charge in [-0.3, -0.25) is 4.79 Å². The van der Waals surface area contributed by atoms with Gasteiger partial charge in [-0.25, -0.2) is 0 Å². The minimum absolute atomic E-state index is 0.322. The van der Waals surface area contributed by atoms with Crippen molar-refractivity contribution in [3.63, 3.8) is 0 Å². The molecule has 1 atom stereocenters. The van der Waals surface area contributed by atoms with Gasteiger partial charge in [0.05, 0.1) is 11.7 Å². The van der Waals surface area contributed by atoms with E-state index < -0.39 is 12.0 Å². The lowest BCUT2D eigenvalue weighted by atomic mass is 10.1. The Hall–Kier alpha value is -1.85. The lowest BCUT2D eigenvalue weighted by molar-refractivity contribution is 0.0998. The minimum atomic E-state index is -0.573. The average Bonchev–Trinajstić information content (AvgIpc) is 2.38. The molecule has 2 aromatic carbocycles. The van der Waals surface area contributed by atoms with Crippen molar-refractivity contribution in [2.24, 2.45) is 5.73 Å². The number of rotatable bonds is 4. The number of hydrogen-bond acceptors (Lipinski definition) is 3. The summed E-state index contributed by atoms with van der Waals surface area (Å²) in [5.41, 5.74) is 6.39. The van der Waals surface area contributed by atoms with Crippen LogP contribution in [0.1, 0.15) is 28.9 Å². The van der Waals surface area contributed by atoms with Crippen LogP contribution in [0.2, 0.25) is 0 Å². The van der Waals surface area contributed by atoms with Crippen molar-refractivity contribution in [2.75, 3.05) is 0 Å². The second-order valence-electron chi connectivity index (χ2n) is 4.32. The maximum Gasteiger partial charge on any atom is 0.252 e. The summed E-state index contributed by atoms with van der Waals surface area (Å²) in [7, 11) is 0. The van der Waals surface area contributed by atoms with Gasteiger partial charge >= 0.3 is 0 Å². The number of aliphatic hydroxyl groups excluding tert-OH is 1. The summed E-state index contributed by atoms with van der Waals surface area (Å²) in [6.45, 7) is 1.68. The molecule has 104 valence electrons. The van der Waals surface area contributed by atoms with Crippen molar-refractivity contribution < 1.29 is 14.6 Å². The first-order valence-corrected chi connectivity index (χ1v) is 6.82. The summed E-state index contributed by atoms with van der Waals surface area (Å²) >= 11 is 3.38. The molecule has 0 aromatic heterocycles. The first-order valence-electron chi connectivity index (χ1n) is 6.03. The Morgan fingerprint density at radius 3 is 2.60 bits per heavy atom. The molecule has 20 heavy (non-hydrogen) atoms. The highest BCUT2D eigenvalue weighted by Crippen LogP contribution is 2.31. The van der Waals surface area contributed by atoms with Crippen molar-refractivity contribution in [1.82, 2.24) is 0 Å². The number of halogens is 1. The Morgan fingerprint density at radius 2 is 2.00 bits per heavy atom. The molecule has 0 aliphatic heterocycles. The standard InChI is InChI=1S/C15H14BrNO3/c1-9(18)11-7-6-10(8-13(11)16)20-14-5-3-2-4-12(14)15(17)19/h2-9,18H,1H3,(H2,17,19)/t9-/m0/s1. The van der Waals surface area contributed by atoms with Gasteiger partial charge in [-0.2, -0.15) is 0 Å². The molecule has 4 nitrogen and oxygen atoms in total. The van der Waals surface area contributed by atoms with Gasteiger partial charge in [0.25, 0.3) is 5.91 Å². The third-order valence-corrected chi connectivity index (χ3v) is 3.49. The molecule has 0 unspecified atom stereocenters. The highest BCUT2D eigenvalue weighted by molar-refractivity contribution is 9.10. The van der Waals surface area contributed by atoms with Gasteiger partial charge in [0, 0.05) is 4.47 Å².